The smallest absolute Gasteiger partial charge is 0.326 e. The number of imidazole rings is 1. The molecule has 3 aliphatic rings. The number of likely N-dealkylation sites (tertiary alicyclic amines) is 1. The van der Waals surface area contributed by atoms with Crippen LogP contribution in [0.15, 0.2) is 41.2 Å². The fraction of sp³-hybridized carbons (Fsp3) is 0.559. The first-order valence-corrected chi connectivity index (χ1v) is 17.0. The number of anilines is 1. The number of para-hydroxylation sites is 2. The lowest BCUT2D eigenvalue weighted by Crippen LogP contribution is -2.55. The summed E-state index contributed by atoms with van der Waals surface area (Å²) in [7, 11) is 0. The predicted molar refractivity (Wildman–Crippen MR) is 179 cm³/mol. The zero-order valence-electron chi connectivity index (χ0n) is 26.3. The zero-order chi connectivity index (χ0) is 31.5. The standard InChI is InChI=1S/C34H46ClN7O3/c1-2-24-19-23(21-28(35)32(24)36)20-25(33(44)41-17-15-39(16-18-41)26-7-11-37-12-8-26)22-31(43)40-13-9-27(10-14-40)42-30-6-4-3-5-29(30)38-34(42)45/h3-6,19,21,25-27,37H,2,7-18,20,22,36H2,1H3,(H,38,45)/t25-/m0/s1. The van der Waals surface area contributed by atoms with Gasteiger partial charge in [-0.2, -0.15) is 0 Å². The summed E-state index contributed by atoms with van der Waals surface area (Å²) in [6, 6.07) is 12.2. The van der Waals surface area contributed by atoms with E-state index >= 15 is 0 Å². The number of piperidine rings is 2. The van der Waals surface area contributed by atoms with Gasteiger partial charge < -0.3 is 25.8 Å². The maximum Gasteiger partial charge on any atom is 0.326 e. The van der Waals surface area contributed by atoms with Crippen molar-refractivity contribution in [3.05, 3.63) is 63.0 Å². The number of aromatic nitrogens is 2. The Balaban J connectivity index is 1.14. The van der Waals surface area contributed by atoms with Gasteiger partial charge in [-0.25, -0.2) is 4.79 Å². The van der Waals surface area contributed by atoms with Gasteiger partial charge in [0.05, 0.1) is 27.7 Å². The third kappa shape index (κ3) is 6.93. The number of nitrogens with two attached hydrogens (primary N) is 1. The highest BCUT2D eigenvalue weighted by Gasteiger charge is 2.34. The number of aromatic amines is 1. The van der Waals surface area contributed by atoms with E-state index in [2.05, 4.69) is 15.2 Å². The molecule has 11 heteroatoms. The number of hydrogen-bond acceptors (Lipinski definition) is 6. The molecule has 1 atom stereocenters. The van der Waals surface area contributed by atoms with Crippen LogP contribution in [0.3, 0.4) is 0 Å². The number of aryl methyl sites for hydroxylation is 1. The highest BCUT2D eigenvalue weighted by atomic mass is 35.5. The van der Waals surface area contributed by atoms with Crippen molar-refractivity contribution in [2.45, 2.75) is 64.0 Å². The monoisotopic (exact) mass is 635 g/mol. The summed E-state index contributed by atoms with van der Waals surface area (Å²) < 4.78 is 1.84. The molecule has 0 bridgehead atoms. The molecule has 2 amide bonds. The van der Waals surface area contributed by atoms with Crippen LogP contribution < -0.4 is 16.7 Å². The number of benzene rings is 2. The Labute approximate surface area is 269 Å². The molecule has 3 saturated heterocycles. The molecule has 6 rings (SSSR count). The van der Waals surface area contributed by atoms with Crippen LogP contribution in [-0.4, -0.2) is 94.5 Å². The van der Waals surface area contributed by atoms with Gasteiger partial charge in [0.1, 0.15) is 0 Å². The molecule has 45 heavy (non-hydrogen) atoms. The number of carbonyl (C=O) groups is 2. The SMILES string of the molecule is CCc1cc(C[C@@H](CC(=O)N2CCC(n3c(=O)[nH]c4ccccc43)CC2)C(=O)N2CCN(C3CCNCC3)CC2)cc(Cl)c1N. The first-order valence-electron chi connectivity index (χ1n) is 16.6. The van der Waals surface area contributed by atoms with Gasteiger partial charge >= 0.3 is 5.69 Å². The summed E-state index contributed by atoms with van der Waals surface area (Å²) in [5.74, 6) is -0.454. The molecule has 3 fully saturated rings. The average Bonchev–Trinajstić information content (AvgIpc) is 3.41. The maximum absolute atomic E-state index is 14.1. The molecule has 3 aromatic rings. The molecule has 0 unspecified atom stereocenters. The van der Waals surface area contributed by atoms with Crippen molar-refractivity contribution in [2.24, 2.45) is 5.92 Å². The van der Waals surface area contributed by atoms with Gasteiger partial charge in [0.25, 0.3) is 0 Å². The van der Waals surface area contributed by atoms with Gasteiger partial charge in [-0.3, -0.25) is 19.1 Å². The summed E-state index contributed by atoms with van der Waals surface area (Å²) >= 11 is 6.50. The summed E-state index contributed by atoms with van der Waals surface area (Å²) in [4.78, 5) is 50.0. The van der Waals surface area contributed by atoms with Gasteiger partial charge in [-0.15, -0.1) is 0 Å². The first kappa shape index (κ1) is 31.6. The quantitative estimate of drug-likeness (QED) is 0.326. The largest absolute Gasteiger partial charge is 0.397 e. The molecule has 4 N–H and O–H groups in total. The van der Waals surface area contributed by atoms with E-state index in [9.17, 15) is 14.4 Å². The van der Waals surface area contributed by atoms with Crippen molar-refractivity contribution >= 4 is 40.1 Å². The lowest BCUT2D eigenvalue weighted by atomic mass is 9.91. The number of carbonyl (C=O) groups excluding carboxylic acids is 2. The Morgan fingerprint density at radius 2 is 1.67 bits per heavy atom. The second-order valence-corrected chi connectivity index (χ2v) is 13.3. The number of amides is 2. The number of H-pyrrole nitrogens is 1. The van der Waals surface area contributed by atoms with E-state index in [1.54, 1.807) is 0 Å². The molecule has 4 heterocycles. The maximum atomic E-state index is 14.1. The van der Waals surface area contributed by atoms with Crippen LogP contribution in [0.25, 0.3) is 11.0 Å². The van der Waals surface area contributed by atoms with E-state index in [1.165, 1.54) is 0 Å². The predicted octanol–water partition coefficient (Wildman–Crippen LogP) is 3.44. The van der Waals surface area contributed by atoms with Crippen LogP contribution in [0.1, 0.15) is 56.2 Å². The lowest BCUT2D eigenvalue weighted by molar-refractivity contribution is -0.143. The second-order valence-electron chi connectivity index (χ2n) is 12.9. The summed E-state index contributed by atoms with van der Waals surface area (Å²) in [6.45, 7) is 8.34. The highest BCUT2D eigenvalue weighted by molar-refractivity contribution is 6.33. The van der Waals surface area contributed by atoms with Crippen molar-refractivity contribution in [2.75, 3.05) is 58.1 Å². The number of rotatable bonds is 8. The van der Waals surface area contributed by atoms with Crippen molar-refractivity contribution in [3.63, 3.8) is 0 Å². The van der Waals surface area contributed by atoms with Crippen LogP contribution in [0.2, 0.25) is 5.02 Å². The van der Waals surface area contributed by atoms with Crippen LogP contribution in [0, 0.1) is 5.92 Å². The van der Waals surface area contributed by atoms with E-state index in [0.29, 0.717) is 62.2 Å². The third-order valence-corrected chi connectivity index (χ3v) is 10.5. The molecule has 2 aromatic carbocycles. The fourth-order valence-electron chi connectivity index (χ4n) is 7.57. The number of nitrogens with one attached hydrogen (secondary N) is 2. The molecule has 0 radical (unpaired) electrons. The van der Waals surface area contributed by atoms with Crippen molar-refractivity contribution in [1.82, 2.24) is 29.6 Å². The lowest BCUT2D eigenvalue weighted by Gasteiger charge is -2.41. The van der Waals surface area contributed by atoms with Crippen LogP contribution >= 0.6 is 11.6 Å². The Bertz CT molecular complexity index is 1560. The van der Waals surface area contributed by atoms with Crippen LogP contribution in [0.5, 0.6) is 0 Å². The van der Waals surface area contributed by atoms with Gasteiger partial charge in [0, 0.05) is 57.8 Å². The molecule has 3 aliphatic heterocycles. The topological polar surface area (TPSA) is 120 Å². The van der Waals surface area contributed by atoms with E-state index in [4.69, 9.17) is 17.3 Å². The van der Waals surface area contributed by atoms with Crippen molar-refractivity contribution in [1.29, 1.82) is 0 Å². The zero-order valence-corrected chi connectivity index (χ0v) is 27.0. The molecule has 0 aliphatic carbocycles. The minimum absolute atomic E-state index is 0.0105. The summed E-state index contributed by atoms with van der Waals surface area (Å²) in [5, 5.41) is 3.93. The Morgan fingerprint density at radius 3 is 2.38 bits per heavy atom. The van der Waals surface area contributed by atoms with Crippen molar-refractivity contribution < 1.29 is 9.59 Å². The molecule has 242 valence electrons. The normalized spacial score (nSPS) is 19.7. The van der Waals surface area contributed by atoms with Crippen LogP contribution in [-0.2, 0) is 22.4 Å². The number of hydrogen-bond donors (Lipinski definition) is 3. The molecular weight excluding hydrogens is 590 g/mol. The molecule has 0 spiro atoms. The Kier molecular flexibility index (Phi) is 9.82. The number of nitrogens with zero attached hydrogens (tertiary/aromatic N) is 4. The average molecular weight is 636 g/mol. The fourth-order valence-corrected chi connectivity index (χ4v) is 7.83. The highest BCUT2D eigenvalue weighted by Crippen LogP contribution is 2.30. The van der Waals surface area contributed by atoms with E-state index in [1.807, 2.05) is 57.7 Å². The van der Waals surface area contributed by atoms with Crippen molar-refractivity contribution in [3.8, 4) is 0 Å². The number of halogens is 1. The van der Waals surface area contributed by atoms with E-state index in [-0.39, 0.29) is 30.0 Å². The second kappa shape index (κ2) is 14.0. The first-order chi connectivity index (χ1) is 21.8. The molecule has 10 nitrogen and oxygen atoms in total. The van der Waals surface area contributed by atoms with E-state index in [0.717, 1.165) is 67.6 Å². The van der Waals surface area contributed by atoms with Gasteiger partial charge in [0.15, 0.2) is 0 Å². The Morgan fingerprint density at radius 1 is 0.956 bits per heavy atom. The third-order valence-electron chi connectivity index (χ3n) is 10.2. The van der Waals surface area contributed by atoms with Gasteiger partial charge in [-0.05, 0) is 80.9 Å². The number of fused-ring (bicyclic) bond motifs is 1. The number of nitrogen functional groups attached to an aromatic ring is 1. The number of piperazine rings is 1. The minimum atomic E-state index is -0.485. The minimum Gasteiger partial charge on any atom is -0.397 e. The Hall–Kier alpha value is -3.34. The molecule has 1 aromatic heterocycles. The van der Waals surface area contributed by atoms with Gasteiger partial charge in [0.2, 0.25) is 11.8 Å². The van der Waals surface area contributed by atoms with E-state index < -0.39 is 5.92 Å². The van der Waals surface area contributed by atoms with Gasteiger partial charge in [-0.1, -0.05) is 36.7 Å². The summed E-state index contributed by atoms with van der Waals surface area (Å²) in [5.41, 5.74) is 10.3. The summed E-state index contributed by atoms with van der Waals surface area (Å²) in [6.07, 6.45) is 5.00. The molecular formula is C34H46ClN7O3. The molecule has 0 saturated carbocycles. The van der Waals surface area contributed by atoms with Crippen LogP contribution in [0.4, 0.5) is 5.69 Å².